The Bertz CT molecular complexity index is 484. The molecule has 0 spiro atoms. The van der Waals surface area contributed by atoms with Gasteiger partial charge in [0.2, 0.25) is 0 Å². The molecule has 0 fully saturated rings. The second-order valence-corrected chi connectivity index (χ2v) is 5.00. The van der Waals surface area contributed by atoms with Gasteiger partial charge in [-0.1, -0.05) is 11.6 Å². The molecule has 2 heterocycles. The molecule has 0 radical (unpaired) electrons. The van der Waals surface area contributed by atoms with Crippen molar-refractivity contribution in [3.05, 3.63) is 39.6 Å². The molecular weight excluding hydrogens is 242 g/mol. The summed E-state index contributed by atoms with van der Waals surface area (Å²) in [7, 11) is 2.01. The summed E-state index contributed by atoms with van der Waals surface area (Å²) >= 11 is 7.51. The molecular formula is C11H12ClN3S. The molecule has 0 bridgehead atoms. The average molecular weight is 254 g/mol. The highest BCUT2D eigenvalue weighted by Gasteiger charge is 2.05. The maximum Gasteiger partial charge on any atom is 0.131 e. The van der Waals surface area contributed by atoms with E-state index in [0.717, 1.165) is 22.9 Å². The van der Waals surface area contributed by atoms with E-state index in [-0.39, 0.29) is 0 Å². The number of halogens is 1. The number of thiazole rings is 1. The fraction of sp³-hybridized carbons (Fsp3) is 0.273. The molecule has 2 aromatic rings. The highest BCUT2D eigenvalue weighted by molar-refractivity contribution is 7.09. The summed E-state index contributed by atoms with van der Waals surface area (Å²) in [6, 6.07) is 3.78. The minimum absolute atomic E-state index is 0.513. The lowest BCUT2D eigenvalue weighted by atomic mass is 10.3. The lowest BCUT2D eigenvalue weighted by Gasteiger charge is -2.17. The number of pyridine rings is 1. The van der Waals surface area contributed by atoms with E-state index in [1.54, 1.807) is 17.5 Å². The van der Waals surface area contributed by atoms with Crippen LogP contribution in [0, 0.1) is 6.92 Å². The van der Waals surface area contributed by atoms with E-state index in [9.17, 15) is 0 Å². The number of hydrogen-bond acceptors (Lipinski definition) is 4. The van der Waals surface area contributed by atoms with Crippen LogP contribution in [-0.2, 0) is 6.54 Å². The number of anilines is 1. The molecule has 0 aromatic carbocycles. The van der Waals surface area contributed by atoms with Gasteiger partial charge in [0, 0.05) is 24.3 Å². The third-order valence-corrected chi connectivity index (χ3v) is 3.25. The van der Waals surface area contributed by atoms with Crippen LogP contribution in [-0.4, -0.2) is 17.0 Å². The molecule has 16 heavy (non-hydrogen) atoms. The van der Waals surface area contributed by atoms with Gasteiger partial charge in [-0.05, 0) is 19.1 Å². The summed E-state index contributed by atoms with van der Waals surface area (Å²) in [6.45, 7) is 2.79. The Morgan fingerprint density at radius 1 is 1.50 bits per heavy atom. The fourth-order valence-corrected chi connectivity index (χ4v) is 2.22. The Labute approximate surface area is 104 Å². The van der Waals surface area contributed by atoms with E-state index < -0.39 is 0 Å². The molecule has 2 aromatic heterocycles. The largest absolute Gasteiger partial charge is 0.369 e. The van der Waals surface area contributed by atoms with Gasteiger partial charge in [0.25, 0.3) is 0 Å². The van der Waals surface area contributed by atoms with Gasteiger partial charge < -0.3 is 4.90 Å². The summed E-state index contributed by atoms with van der Waals surface area (Å²) in [5, 5.41) is 3.68. The fourth-order valence-electron chi connectivity index (χ4n) is 1.44. The molecule has 0 saturated heterocycles. The third kappa shape index (κ3) is 2.71. The molecule has 0 aliphatic heterocycles. The maximum absolute atomic E-state index is 5.84. The van der Waals surface area contributed by atoms with Crippen molar-refractivity contribution in [3.63, 3.8) is 0 Å². The third-order valence-electron chi connectivity index (χ3n) is 2.22. The Morgan fingerprint density at radius 3 is 2.94 bits per heavy atom. The maximum atomic E-state index is 5.84. The van der Waals surface area contributed by atoms with Crippen molar-refractivity contribution in [2.24, 2.45) is 0 Å². The average Bonchev–Trinajstić information content (AvgIpc) is 2.64. The van der Waals surface area contributed by atoms with Crippen molar-refractivity contribution in [1.29, 1.82) is 0 Å². The molecule has 0 amide bonds. The number of aryl methyl sites for hydroxylation is 1. The molecule has 0 aliphatic carbocycles. The highest BCUT2D eigenvalue weighted by Crippen LogP contribution is 2.18. The molecule has 0 unspecified atom stereocenters. The van der Waals surface area contributed by atoms with Crippen LogP contribution in [0.3, 0.4) is 0 Å². The van der Waals surface area contributed by atoms with Gasteiger partial charge in [-0.3, -0.25) is 0 Å². The van der Waals surface area contributed by atoms with E-state index in [1.165, 1.54) is 0 Å². The summed E-state index contributed by atoms with van der Waals surface area (Å²) in [6.07, 6.45) is 1.71. The van der Waals surface area contributed by atoms with Crippen molar-refractivity contribution in [3.8, 4) is 0 Å². The van der Waals surface area contributed by atoms with Crippen LogP contribution in [0.15, 0.2) is 23.7 Å². The number of aromatic nitrogens is 2. The van der Waals surface area contributed by atoms with Crippen LogP contribution in [0.2, 0.25) is 5.15 Å². The molecule has 0 N–H and O–H groups in total. The summed E-state index contributed by atoms with van der Waals surface area (Å²) in [4.78, 5) is 10.5. The van der Waals surface area contributed by atoms with Gasteiger partial charge in [-0.2, -0.15) is 0 Å². The molecule has 3 nitrogen and oxygen atoms in total. The molecule has 0 aliphatic rings. The van der Waals surface area contributed by atoms with E-state index in [4.69, 9.17) is 11.6 Å². The predicted octanol–water partition coefficient (Wildman–Crippen LogP) is 3.14. The summed E-state index contributed by atoms with van der Waals surface area (Å²) in [5.74, 6) is 0. The zero-order chi connectivity index (χ0) is 11.5. The lowest BCUT2D eigenvalue weighted by molar-refractivity contribution is 0.888. The molecule has 0 atom stereocenters. The van der Waals surface area contributed by atoms with Crippen LogP contribution in [0.25, 0.3) is 0 Å². The number of rotatable bonds is 3. The quantitative estimate of drug-likeness (QED) is 0.787. The van der Waals surface area contributed by atoms with Gasteiger partial charge in [0.1, 0.15) is 5.15 Å². The van der Waals surface area contributed by atoms with Gasteiger partial charge in [-0.25, -0.2) is 9.97 Å². The first-order chi connectivity index (χ1) is 7.65. The van der Waals surface area contributed by atoms with Crippen molar-refractivity contribution in [2.45, 2.75) is 13.5 Å². The second-order valence-electron chi connectivity index (χ2n) is 3.55. The SMILES string of the molecule is Cc1nc(CN(C)c2ccnc(Cl)c2)cs1. The van der Waals surface area contributed by atoms with Crippen molar-refractivity contribution >= 4 is 28.6 Å². The monoisotopic (exact) mass is 253 g/mol. The van der Waals surface area contributed by atoms with E-state index >= 15 is 0 Å². The normalized spacial score (nSPS) is 10.4. The smallest absolute Gasteiger partial charge is 0.131 e. The van der Waals surface area contributed by atoms with Gasteiger partial charge in [-0.15, -0.1) is 11.3 Å². The first-order valence-electron chi connectivity index (χ1n) is 4.89. The van der Waals surface area contributed by atoms with E-state index in [0.29, 0.717) is 5.15 Å². The Hall–Kier alpha value is -1.13. The van der Waals surface area contributed by atoms with Gasteiger partial charge in [0.05, 0.1) is 17.2 Å². The molecule has 2 rings (SSSR count). The van der Waals surface area contributed by atoms with Crippen molar-refractivity contribution in [1.82, 2.24) is 9.97 Å². The van der Waals surface area contributed by atoms with E-state index in [2.05, 4.69) is 20.2 Å². The van der Waals surface area contributed by atoms with Crippen molar-refractivity contribution < 1.29 is 0 Å². The van der Waals surface area contributed by atoms with Crippen LogP contribution >= 0.6 is 22.9 Å². The van der Waals surface area contributed by atoms with Crippen LogP contribution in [0.4, 0.5) is 5.69 Å². The Morgan fingerprint density at radius 2 is 2.31 bits per heavy atom. The predicted molar refractivity (Wildman–Crippen MR) is 68.2 cm³/mol. The lowest BCUT2D eigenvalue weighted by Crippen LogP contribution is -2.16. The van der Waals surface area contributed by atoms with Crippen LogP contribution < -0.4 is 4.90 Å². The first-order valence-corrected chi connectivity index (χ1v) is 6.14. The Kier molecular flexibility index (Phi) is 3.41. The second kappa shape index (κ2) is 4.80. The molecule has 5 heteroatoms. The summed E-state index contributed by atoms with van der Waals surface area (Å²) < 4.78 is 0. The topological polar surface area (TPSA) is 29.0 Å². The van der Waals surface area contributed by atoms with Crippen molar-refractivity contribution in [2.75, 3.05) is 11.9 Å². The molecule has 0 saturated carbocycles. The highest BCUT2D eigenvalue weighted by atomic mass is 35.5. The molecule has 84 valence electrons. The first kappa shape index (κ1) is 11.4. The minimum atomic E-state index is 0.513. The van der Waals surface area contributed by atoms with Crippen LogP contribution in [0.5, 0.6) is 0 Å². The summed E-state index contributed by atoms with van der Waals surface area (Å²) in [5.41, 5.74) is 2.13. The minimum Gasteiger partial charge on any atom is -0.369 e. The number of nitrogens with zero attached hydrogens (tertiary/aromatic N) is 3. The zero-order valence-electron chi connectivity index (χ0n) is 9.14. The zero-order valence-corrected chi connectivity index (χ0v) is 10.7. The Balaban J connectivity index is 2.11. The number of hydrogen-bond donors (Lipinski definition) is 0. The standard InChI is InChI=1S/C11H12ClN3S/c1-8-14-9(7-16-8)6-15(2)10-3-4-13-11(12)5-10/h3-5,7H,6H2,1-2H3. The van der Waals surface area contributed by atoms with E-state index in [1.807, 2.05) is 26.1 Å². The van der Waals surface area contributed by atoms with Gasteiger partial charge in [0.15, 0.2) is 0 Å². The van der Waals surface area contributed by atoms with Crippen LogP contribution in [0.1, 0.15) is 10.7 Å². The van der Waals surface area contributed by atoms with Gasteiger partial charge >= 0.3 is 0 Å².